The van der Waals surface area contributed by atoms with Crippen LogP contribution >= 0.6 is 23.1 Å². The summed E-state index contributed by atoms with van der Waals surface area (Å²) in [5.74, 6) is -1.43. The maximum absolute atomic E-state index is 12.8. The van der Waals surface area contributed by atoms with Crippen molar-refractivity contribution in [1.29, 1.82) is 0 Å². The van der Waals surface area contributed by atoms with E-state index >= 15 is 0 Å². The molecule has 8 nitrogen and oxygen atoms in total. The van der Waals surface area contributed by atoms with Gasteiger partial charge in [-0.2, -0.15) is 0 Å². The fourth-order valence-electron chi connectivity index (χ4n) is 1.72. The number of thioether (sulfide) groups is 1. The van der Waals surface area contributed by atoms with Gasteiger partial charge in [-0.1, -0.05) is 23.1 Å². The Morgan fingerprint density at radius 2 is 1.92 bits per heavy atom. The molecule has 2 rings (SSSR count). The summed E-state index contributed by atoms with van der Waals surface area (Å²) in [5.41, 5.74) is 0.405. The highest BCUT2D eigenvalue weighted by atomic mass is 32.2. The maximum atomic E-state index is 12.8. The molecule has 0 aliphatic carbocycles. The van der Waals surface area contributed by atoms with Crippen molar-refractivity contribution in [1.82, 2.24) is 10.2 Å². The van der Waals surface area contributed by atoms with Crippen LogP contribution in [0.2, 0.25) is 0 Å². The van der Waals surface area contributed by atoms with Crippen molar-refractivity contribution >= 4 is 51.7 Å². The Kier molecular flexibility index (Phi) is 7.04. The Morgan fingerprint density at radius 3 is 2.54 bits per heavy atom. The molecule has 1 aromatic heterocycles. The van der Waals surface area contributed by atoms with Crippen LogP contribution in [-0.2, 0) is 14.3 Å². The number of ketones is 1. The van der Waals surface area contributed by atoms with Crippen molar-refractivity contribution in [3.05, 3.63) is 30.1 Å². The van der Waals surface area contributed by atoms with Gasteiger partial charge >= 0.3 is 12.0 Å². The third-order valence-corrected chi connectivity index (χ3v) is 5.03. The van der Waals surface area contributed by atoms with Gasteiger partial charge in [0.15, 0.2) is 15.4 Å². The van der Waals surface area contributed by atoms with Crippen LogP contribution in [0.5, 0.6) is 0 Å². The monoisotopic (exact) mass is 398 g/mol. The number of amides is 2. The van der Waals surface area contributed by atoms with Crippen LogP contribution in [-0.4, -0.2) is 39.8 Å². The largest absolute Gasteiger partial charge is 0.465 e. The molecule has 1 atom stereocenters. The molecule has 2 amide bonds. The average molecular weight is 398 g/mol. The Hall–Kier alpha value is -2.53. The third-order valence-electron chi connectivity index (χ3n) is 2.82. The summed E-state index contributed by atoms with van der Waals surface area (Å²) in [6.07, 6.45) is 0. The molecule has 0 spiro atoms. The quantitative estimate of drug-likeness (QED) is 0.319. The summed E-state index contributed by atoms with van der Waals surface area (Å²) in [7, 11) is 0. The van der Waals surface area contributed by atoms with Gasteiger partial charge in [0.25, 0.3) is 0 Å². The Balaban J connectivity index is 1.95. The van der Waals surface area contributed by atoms with Crippen molar-refractivity contribution in [3.63, 3.8) is 0 Å². The molecule has 2 aromatic rings. The molecule has 0 aliphatic heterocycles. The number of Topliss-reactive ketones (excluding diaryl/α,β-unsaturated/α-hetero) is 1. The van der Waals surface area contributed by atoms with Crippen molar-refractivity contribution in [2.75, 3.05) is 17.2 Å². The molecular weight excluding hydrogens is 383 g/mol. The Morgan fingerprint density at radius 1 is 1.23 bits per heavy atom. The van der Waals surface area contributed by atoms with E-state index in [-0.39, 0.29) is 17.5 Å². The molecule has 0 bridgehead atoms. The van der Waals surface area contributed by atoms with Crippen molar-refractivity contribution < 1.29 is 23.5 Å². The standard InChI is InChI=1S/C15H15FN4O4S2/c1-3-24-12(22)11(8(2)21)25-15-20-19-14(26-15)18-13(23)17-10-6-4-9(16)5-7-10/h4-7,11H,3H2,1-2H3,(H2,17,18,19,23)/t11-/m0/s1. The van der Waals surface area contributed by atoms with E-state index in [1.165, 1.54) is 31.2 Å². The first kappa shape index (κ1) is 19.8. The lowest BCUT2D eigenvalue weighted by Gasteiger charge is -2.09. The van der Waals surface area contributed by atoms with Gasteiger partial charge in [0.05, 0.1) is 6.61 Å². The minimum absolute atomic E-state index is 0.162. The summed E-state index contributed by atoms with van der Waals surface area (Å²) >= 11 is 1.91. The number of nitrogens with zero attached hydrogens (tertiary/aromatic N) is 2. The van der Waals surface area contributed by atoms with Gasteiger partial charge in [0, 0.05) is 5.69 Å². The highest BCUT2D eigenvalue weighted by Crippen LogP contribution is 2.30. The van der Waals surface area contributed by atoms with E-state index in [9.17, 15) is 18.8 Å². The van der Waals surface area contributed by atoms with Crippen LogP contribution in [0.4, 0.5) is 20.0 Å². The maximum Gasteiger partial charge on any atom is 0.327 e. The second-order valence-electron chi connectivity index (χ2n) is 4.82. The van der Waals surface area contributed by atoms with Crippen molar-refractivity contribution in [2.24, 2.45) is 0 Å². The number of ether oxygens (including phenoxy) is 1. The lowest BCUT2D eigenvalue weighted by atomic mass is 10.3. The zero-order valence-electron chi connectivity index (χ0n) is 13.8. The van der Waals surface area contributed by atoms with E-state index in [0.717, 1.165) is 23.1 Å². The molecule has 11 heteroatoms. The van der Waals surface area contributed by atoms with E-state index in [0.29, 0.717) is 10.0 Å². The van der Waals surface area contributed by atoms with Gasteiger partial charge in [-0.25, -0.2) is 9.18 Å². The summed E-state index contributed by atoms with van der Waals surface area (Å²) in [6, 6.07) is 4.66. The lowest BCUT2D eigenvalue weighted by Crippen LogP contribution is -2.27. The smallest absolute Gasteiger partial charge is 0.327 e. The number of halogens is 1. The van der Waals surface area contributed by atoms with Crippen LogP contribution in [0.3, 0.4) is 0 Å². The summed E-state index contributed by atoms with van der Waals surface area (Å²) in [6.45, 7) is 3.09. The summed E-state index contributed by atoms with van der Waals surface area (Å²) in [5, 5.41) is 11.7. The van der Waals surface area contributed by atoms with Gasteiger partial charge in [0.1, 0.15) is 5.82 Å². The number of carbonyl (C=O) groups is 3. The minimum atomic E-state index is -1.04. The molecule has 138 valence electrons. The Bertz CT molecular complexity index is 797. The zero-order chi connectivity index (χ0) is 19.1. The predicted molar refractivity (Wildman–Crippen MR) is 95.9 cm³/mol. The minimum Gasteiger partial charge on any atom is -0.465 e. The first-order valence-corrected chi connectivity index (χ1v) is 9.09. The number of urea groups is 1. The molecular formula is C15H15FN4O4S2. The van der Waals surface area contributed by atoms with E-state index in [1.807, 2.05) is 0 Å². The fraction of sp³-hybridized carbons (Fsp3) is 0.267. The lowest BCUT2D eigenvalue weighted by molar-refractivity contribution is -0.144. The highest BCUT2D eigenvalue weighted by molar-refractivity contribution is 8.03. The van der Waals surface area contributed by atoms with E-state index in [1.54, 1.807) is 6.92 Å². The van der Waals surface area contributed by atoms with Gasteiger partial charge in [-0.15, -0.1) is 10.2 Å². The molecule has 1 heterocycles. The fourth-order valence-corrected chi connectivity index (χ4v) is 3.53. The molecule has 2 N–H and O–H groups in total. The second-order valence-corrected chi connectivity index (χ2v) is 7.15. The van der Waals surface area contributed by atoms with Gasteiger partial charge in [0.2, 0.25) is 5.13 Å². The number of hydrogen-bond acceptors (Lipinski definition) is 8. The number of nitrogens with one attached hydrogen (secondary N) is 2. The SMILES string of the molecule is CCOC(=O)[C@@H](Sc1nnc(NC(=O)Nc2ccc(F)cc2)s1)C(C)=O. The molecule has 0 saturated heterocycles. The molecule has 0 unspecified atom stereocenters. The second kappa shape index (κ2) is 9.25. The van der Waals surface area contributed by atoms with Crippen molar-refractivity contribution in [2.45, 2.75) is 23.4 Å². The number of rotatable bonds is 7. The van der Waals surface area contributed by atoms with Crippen LogP contribution in [0, 0.1) is 5.82 Å². The molecule has 0 radical (unpaired) electrons. The topological polar surface area (TPSA) is 110 Å². The average Bonchev–Trinajstić information content (AvgIpc) is 3.01. The number of anilines is 2. The number of hydrogen-bond donors (Lipinski definition) is 2. The molecule has 0 fully saturated rings. The number of aromatic nitrogens is 2. The van der Waals surface area contributed by atoms with E-state index in [4.69, 9.17) is 4.74 Å². The first-order valence-electron chi connectivity index (χ1n) is 7.40. The van der Waals surface area contributed by atoms with Crippen LogP contribution in [0.15, 0.2) is 28.6 Å². The van der Waals surface area contributed by atoms with Gasteiger partial charge in [-0.3, -0.25) is 14.9 Å². The molecule has 26 heavy (non-hydrogen) atoms. The zero-order valence-corrected chi connectivity index (χ0v) is 15.4. The van der Waals surface area contributed by atoms with E-state index in [2.05, 4.69) is 20.8 Å². The van der Waals surface area contributed by atoms with Gasteiger partial charge in [-0.05, 0) is 38.1 Å². The normalized spacial score (nSPS) is 11.5. The summed E-state index contributed by atoms with van der Waals surface area (Å²) < 4.78 is 18.0. The van der Waals surface area contributed by atoms with Gasteiger partial charge < -0.3 is 10.1 Å². The van der Waals surface area contributed by atoms with Crippen LogP contribution in [0.25, 0.3) is 0 Å². The Labute approximate surface area is 156 Å². The molecule has 0 saturated carbocycles. The number of benzene rings is 1. The van der Waals surface area contributed by atoms with E-state index < -0.39 is 23.1 Å². The van der Waals surface area contributed by atoms with Crippen molar-refractivity contribution in [3.8, 4) is 0 Å². The third kappa shape index (κ3) is 5.77. The predicted octanol–water partition coefficient (Wildman–Crippen LogP) is 2.93. The number of carbonyl (C=O) groups excluding carboxylic acids is 3. The summed E-state index contributed by atoms with van der Waals surface area (Å²) in [4.78, 5) is 35.3. The number of esters is 1. The molecule has 0 aliphatic rings. The molecule has 1 aromatic carbocycles. The van der Waals surface area contributed by atoms with Crippen LogP contribution < -0.4 is 10.6 Å². The highest BCUT2D eigenvalue weighted by Gasteiger charge is 2.27. The first-order chi connectivity index (χ1) is 12.4. The van der Waals surface area contributed by atoms with Crippen LogP contribution in [0.1, 0.15) is 13.8 Å².